The summed E-state index contributed by atoms with van der Waals surface area (Å²) >= 11 is 0. The van der Waals surface area contributed by atoms with Crippen molar-refractivity contribution >= 4 is 34.6 Å². The van der Waals surface area contributed by atoms with Crippen LogP contribution in [0.3, 0.4) is 0 Å². The van der Waals surface area contributed by atoms with Crippen LogP contribution in [0, 0.1) is 52.0 Å². The Morgan fingerprint density at radius 3 is 1.58 bits per heavy atom. The molecule has 6 rings (SSSR count). The molecular formula is C28H25N9Pt. The Bertz CT molecular complexity index is 1600. The minimum atomic E-state index is -2.50. The average Bonchev–Trinajstić information content (AvgIpc) is 3.53. The number of nitrogens with zero attached hydrogens (tertiary/aromatic N) is 9. The molecule has 0 bridgehead atoms. The van der Waals surface area contributed by atoms with E-state index in [1.165, 1.54) is 38.1 Å². The third-order valence-corrected chi connectivity index (χ3v) is 6.02. The van der Waals surface area contributed by atoms with Crippen LogP contribution >= 0.6 is 0 Å². The standard InChI is InChI=1S/C27H25N8.CN.Pt/c1-17-10-18(2)23(19(3)11-17)20-12-21(34-15-32(4)24-26(34)30-8-6-28-24)14-22(13-20)35-16-33(5)25-27(35)31-9-7-29-25;1-2;/h6-13,15-16H,1-5H3;;/q-3;-1;+4/i4D3,5D3;;. The summed E-state index contributed by atoms with van der Waals surface area (Å²) in [5.74, 6) is 1.03. The molecule has 0 atom stereocenters. The van der Waals surface area contributed by atoms with Crippen LogP contribution in [0.15, 0.2) is 49.1 Å². The first-order chi connectivity index (χ1) is 20.3. The van der Waals surface area contributed by atoms with Crippen molar-refractivity contribution in [2.75, 3.05) is 33.6 Å². The summed E-state index contributed by atoms with van der Waals surface area (Å²) in [5, 5.41) is 6.25. The molecule has 10 heteroatoms. The Kier molecular flexibility index (Phi) is 5.67. The van der Waals surface area contributed by atoms with Gasteiger partial charge >= 0.3 is 21.1 Å². The first-order valence-corrected chi connectivity index (χ1v) is 11.2. The molecule has 0 N–H and O–H groups in total. The van der Waals surface area contributed by atoms with E-state index in [2.05, 4.69) is 38.1 Å². The van der Waals surface area contributed by atoms with Crippen molar-refractivity contribution in [3.05, 3.63) is 91.7 Å². The van der Waals surface area contributed by atoms with Gasteiger partial charge in [0.1, 0.15) is 23.3 Å². The molecule has 0 amide bonds. The normalized spacial score (nSPS) is 16.4. The van der Waals surface area contributed by atoms with Crippen molar-refractivity contribution in [3.63, 3.8) is 0 Å². The molecule has 4 heterocycles. The van der Waals surface area contributed by atoms with Crippen molar-refractivity contribution in [1.29, 1.82) is 5.26 Å². The number of anilines is 6. The van der Waals surface area contributed by atoms with Crippen LogP contribution in [0.4, 0.5) is 34.6 Å². The van der Waals surface area contributed by atoms with Gasteiger partial charge in [0.2, 0.25) is 0 Å². The summed E-state index contributed by atoms with van der Waals surface area (Å²) in [6, 6.07) is 11.3. The Balaban J connectivity index is 0.00000144. The van der Waals surface area contributed by atoms with Crippen molar-refractivity contribution in [2.45, 2.75) is 20.8 Å². The topological polar surface area (TPSA) is 88.3 Å². The van der Waals surface area contributed by atoms with Gasteiger partial charge < -0.3 is 31.4 Å². The van der Waals surface area contributed by atoms with E-state index in [4.69, 9.17) is 20.1 Å². The zero-order valence-corrected chi connectivity index (χ0v) is 22.9. The fraction of sp³-hybridized carbons (Fsp3) is 0.179. The van der Waals surface area contributed by atoms with Gasteiger partial charge in [0.15, 0.2) is 0 Å². The van der Waals surface area contributed by atoms with E-state index in [-0.39, 0.29) is 32.7 Å². The SMILES string of the molecule is [2H]C([2H])([2H])N1[CH-]N(c2[c-]c(N3[CH-]N(C([2H])([2H])[2H])c4nccnc43)cc(-c3c(C)cc(C)cc3C)c2)c2nccnc21.[C-]#N.[Pt+4]. The first kappa shape index (κ1) is 20.0. The third kappa shape index (κ3) is 4.57. The molecule has 0 radical (unpaired) electrons. The van der Waals surface area contributed by atoms with Gasteiger partial charge in [-0.25, -0.2) is 19.9 Å². The second kappa shape index (κ2) is 10.8. The molecule has 0 aliphatic carbocycles. The van der Waals surface area contributed by atoms with Crippen LogP contribution < -0.4 is 19.6 Å². The molecular weight excluding hydrogens is 657 g/mol. The maximum absolute atomic E-state index is 8.04. The summed E-state index contributed by atoms with van der Waals surface area (Å²) in [4.78, 5) is 22.9. The average molecular weight is 689 g/mol. The molecule has 0 spiro atoms. The van der Waals surface area contributed by atoms with Gasteiger partial charge in [0, 0.05) is 33.0 Å². The van der Waals surface area contributed by atoms with E-state index >= 15 is 0 Å². The predicted octanol–water partition coefficient (Wildman–Crippen LogP) is 5.17. The Morgan fingerprint density at radius 2 is 1.16 bits per heavy atom. The molecule has 2 aliphatic rings. The number of rotatable bonds is 3. The van der Waals surface area contributed by atoms with Crippen molar-refractivity contribution < 1.29 is 29.3 Å². The van der Waals surface area contributed by atoms with Crippen LogP contribution in [0.1, 0.15) is 24.9 Å². The van der Waals surface area contributed by atoms with Crippen molar-refractivity contribution in [1.82, 2.24) is 19.9 Å². The van der Waals surface area contributed by atoms with E-state index in [0.717, 1.165) is 37.6 Å². The number of aromatic nitrogens is 4. The molecule has 2 aromatic carbocycles. The Labute approximate surface area is 246 Å². The zero-order chi connectivity index (χ0) is 31.3. The number of benzene rings is 2. The second-order valence-corrected chi connectivity index (χ2v) is 8.53. The number of hydrogen-bond acceptors (Lipinski definition) is 9. The van der Waals surface area contributed by atoms with Crippen LogP contribution in [-0.2, 0) is 21.1 Å². The van der Waals surface area contributed by atoms with E-state index in [1.807, 2.05) is 32.9 Å². The summed E-state index contributed by atoms with van der Waals surface area (Å²) in [5.41, 5.74) is 6.01. The van der Waals surface area contributed by atoms with E-state index < -0.39 is 14.0 Å². The maximum Gasteiger partial charge on any atom is 4.00 e. The number of fused-ring (bicyclic) bond motifs is 2. The van der Waals surface area contributed by atoms with E-state index in [0.29, 0.717) is 23.0 Å². The quantitative estimate of drug-likeness (QED) is 0.271. The van der Waals surface area contributed by atoms with Gasteiger partial charge in [-0.1, -0.05) is 17.7 Å². The molecule has 4 aromatic rings. The molecule has 2 aromatic heterocycles. The van der Waals surface area contributed by atoms with Gasteiger partial charge in [-0.15, -0.1) is 48.5 Å². The monoisotopic (exact) mass is 688 g/mol. The molecule has 0 saturated carbocycles. The smallest absolute Gasteiger partial charge is 0.512 e. The predicted molar refractivity (Wildman–Crippen MR) is 144 cm³/mol. The molecule has 192 valence electrons. The first-order valence-electron chi connectivity index (χ1n) is 14.2. The van der Waals surface area contributed by atoms with Gasteiger partial charge in [0.25, 0.3) is 0 Å². The second-order valence-electron chi connectivity index (χ2n) is 8.53. The van der Waals surface area contributed by atoms with E-state index in [9.17, 15) is 0 Å². The minimum absolute atomic E-state index is 0. The summed E-state index contributed by atoms with van der Waals surface area (Å²) in [6.45, 7) is 8.72. The summed E-state index contributed by atoms with van der Waals surface area (Å²) < 4.78 is 48.3. The summed E-state index contributed by atoms with van der Waals surface area (Å²) in [6.07, 6.45) is 5.88. The van der Waals surface area contributed by atoms with Gasteiger partial charge in [-0.05, 0) is 51.4 Å². The fourth-order valence-electron chi connectivity index (χ4n) is 4.71. The molecule has 0 fully saturated rings. The molecule has 2 aliphatic heterocycles. The van der Waals surface area contributed by atoms with Gasteiger partial charge in [0.05, 0.1) is 0 Å². The van der Waals surface area contributed by atoms with Crippen molar-refractivity contribution in [3.8, 4) is 11.1 Å². The van der Waals surface area contributed by atoms with Gasteiger partial charge in [-0.3, -0.25) is 0 Å². The van der Waals surface area contributed by atoms with E-state index in [1.54, 1.807) is 9.80 Å². The van der Waals surface area contributed by atoms with Crippen molar-refractivity contribution in [2.24, 2.45) is 0 Å². The third-order valence-electron chi connectivity index (χ3n) is 6.02. The van der Waals surface area contributed by atoms with Crippen LogP contribution in [0.2, 0.25) is 0 Å². The Hall–Kier alpha value is -4.02. The Morgan fingerprint density at radius 1 is 0.737 bits per heavy atom. The molecule has 38 heavy (non-hydrogen) atoms. The zero-order valence-electron chi connectivity index (χ0n) is 26.6. The minimum Gasteiger partial charge on any atom is -0.512 e. The van der Waals surface area contributed by atoms with Crippen LogP contribution in [0.25, 0.3) is 11.1 Å². The number of hydrogen-bond donors (Lipinski definition) is 0. The molecule has 9 nitrogen and oxygen atoms in total. The van der Waals surface area contributed by atoms with Gasteiger partial charge in [-0.2, -0.15) is 0 Å². The largest absolute Gasteiger partial charge is 4.00 e. The summed E-state index contributed by atoms with van der Waals surface area (Å²) in [7, 11) is 0. The molecule has 0 saturated heterocycles. The van der Waals surface area contributed by atoms with Crippen LogP contribution in [0.5, 0.6) is 0 Å². The molecule has 0 unspecified atom stereocenters. The van der Waals surface area contributed by atoms with Crippen LogP contribution in [-0.4, -0.2) is 33.9 Å². The maximum atomic E-state index is 8.04. The fourth-order valence-corrected chi connectivity index (χ4v) is 4.71. The number of aryl methyl sites for hydroxylation is 3.